The van der Waals surface area contributed by atoms with Gasteiger partial charge in [0, 0.05) is 49.8 Å². The SMILES string of the molecule is COc1cccc(-c2cc(C(=O)N3CCN(Cc4ccc5c(c4)OCO5)CC3)n3nc(C(C)(C)C)cc3n2)c1. The van der Waals surface area contributed by atoms with E-state index in [9.17, 15) is 4.79 Å². The van der Waals surface area contributed by atoms with Gasteiger partial charge in [0.25, 0.3) is 5.91 Å². The molecule has 0 atom stereocenters. The highest BCUT2D eigenvalue weighted by Gasteiger charge is 2.27. The van der Waals surface area contributed by atoms with Gasteiger partial charge in [0.1, 0.15) is 11.4 Å². The summed E-state index contributed by atoms with van der Waals surface area (Å²) >= 11 is 0. The van der Waals surface area contributed by atoms with Crippen molar-refractivity contribution in [1.82, 2.24) is 24.4 Å². The van der Waals surface area contributed by atoms with Gasteiger partial charge in [-0.15, -0.1) is 0 Å². The van der Waals surface area contributed by atoms with Crippen LogP contribution in [0.4, 0.5) is 0 Å². The molecule has 1 amide bonds. The Morgan fingerprint density at radius 2 is 1.77 bits per heavy atom. The average Bonchev–Trinajstić information content (AvgIpc) is 3.59. The molecule has 9 heteroatoms. The summed E-state index contributed by atoms with van der Waals surface area (Å²) in [5, 5.41) is 4.82. The fourth-order valence-electron chi connectivity index (χ4n) is 4.99. The summed E-state index contributed by atoms with van der Waals surface area (Å²) in [5.41, 5.74) is 4.65. The van der Waals surface area contributed by atoms with E-state index in [1.165, 1.54) is 5.56 Å². The number of amides is 1. The number of rotatable bonds is 5. The lowest BCUT2D eigenvalue weighted by Crippen LogP contribution is -2.48. The third kappa shape index (κ3) is 5.02. The molecule has 0 N–H and O–H groups in total. The number of carbonyl (C=O) groups is 1. The molecule has 1 fully saturated rings. The molecule has 0 aliphatic carbocycles. The number of nitrogens with zero attached hydrogens (tertiary/aromatic N) is 5. The van der Waals surface area contributed by atoms with Crippen LogP contribution in [0.5, 0.6) is 17.2 Å². The lowest BCUT2D eigenvalue weighted by atomic mass is 9.93. The van der Waals surface area contributed by atoms with Crippen LogP contribution in [-0.2, 0) is 12.0 Å². The van der Waals surface area contributed by atoms with E-state index in [2.05, 4.69) is 31.7 Å². The Morgan fingerprint density at radius 1 is 0.974 bits per heavy atom. The predicted molar refractivity (Wildman–Crippen MR) is 147 cm³/mol. The molecule has 39 heavy (non-hydrogen) atoms. The molecule has 2 aliphatic rings. The zero-order valence-electron chi connectivity index (χ0n) is 22.8. The summed E-state index contributed by atoms with van der Waals surface area (Å²) in [5.74, 6) is 2.28. The predicted octanol–water partition coefficient (Wildman–Crippen LogP) is 4.39. The Hall–Kier alpha value is -4.11. The van der Waals surface area contributed by atoms with E-state index in [4.69, 9.17) is 24.3 Å². The Bertz CT molecular complexity index is 1530. The first kappa shape index (κ1) is 25.2. The molecule has 0 radical (unpaired) electrons. The van der Waals surface area contributed by atoms with Crippen molar-refractivity contribution in [3.8, 4) is 28.5 Å². The molecule has 4 heterocycles. The van der Waals surface area contributed by atoms with Crippen LogP contribution < -0.4 is 14.2 Å². The molecule has 202 valence electrons. The van der Waals surface area contributed by atoms with Crippen molar-refractivity contribution in [2.24, 2.45) is 0 Å². The van der Waals surface area contributed by atoms with Gasteiger partial charge in [0.2, 0.25) is 6.79 Å². The van der Waals surface area contributed by atoms with Crippen LogP contribution in [-0.4, -0.2) is 70.4 Å². The highest BCUT2D eigenvalue weighted by molar-refractivity contribution is 5.94. The van der Waals surface area contributed by atoms with E-state index < -0.39 is 0 Å². The minimum Gasteiger partial charge on any atom is -0.497 e. The quantitative estimate of drug-likeness (QED) is 0.381. The second-order valence-electron chi connectivity index (χ2n) is 11.1. The van der Waals surface area contributed by atoms with Gasteiger partial charge in [-0.25, -0.2) is 9.50 Å². The van der Waals surface area contributed by atoms with Crippen LogP contribution >= 0.6 is 0 Å². The minimum absolute atomic E-state index is 0.0437. The average molecular weight is 528 g/mol. The number of benzene rings is 2. The summed E-state index contributed by atoms with van der Waals surface area (Å²) in [6.45, 7) is 10.2. The van der Waals surface area contributed by atoms with Gasteiger partial charge in [-0.2, -0.15) is 5.10 Å². The monoisotopic (exact) mass is 527 g/mol. The molecule has 0 saturated carbocycles. The van der Waals surface area contributed by atoms with Gasteiger partial charge in [-0.3, -0.25) is 9.69 Å². The van der Waals surface area contributed by atoms with Crippen molar-refractivity contribution in [2.45, 2.75) is 32.7 Å². The highest BCUT2D eigenvalue weighted by Crippen LogP contribution is 2.33. The van der Waals surface area contributed by atoms with E-state index in [0.29, 0.717) is 30.1 Å². The van der Waals surface area contributed by atoms with Crippen molar-refractivity contribution in [3.63, 3.8) is 0 Å². The van der Waals surface area contributed by atoms with Gasteiger partial charge in [0.05, 0.1) is 18.5 Å². The number of aromatic nitrogens is 3. The molecule has 2 aliphatic heterocycles. The molecule has 6 rings (SSSR count). The molecular formula is C30H33N5O4. The van der Waals surface area contributed by atoms with Crippen LogP contribution in [0, 0.1) is 0 Å². The number of hydrogen-bond acceptors (Lipinski definition) is 7. The maximum absolute atomic E-state index is 13.9. The maximum Gasteiger partial charge on any atom is 0.272 e. The minimum atomic E-state index is -0.176. The van der Waals surface area contributed by atoms with E-state index in [0.717, 1.165) is 48.1 Å². The molecule has 0 unspecified atom stereocenters. The number of hydrogen-bond donors (Lipinski definition) is 0. The summed E-state index contributed by atoms with van der Waals surface area (Å²) in [4.78, 5) is 23.1. The first-order valence-corrected chi connectivity index (χ1v) is 13.2. The number of ether oxygens (including phenoxy) is 3. The van der Waals surface area contributed by atoms with Gasteiger partial charge < -0.3 is 19.1 Å². The van der Waals surface area contributed by atoms with Gasteiger partial charge >= 0.3 is 0 Å². The van der Waals surface area contributed by atoms with Gasteiger partial charge in [0.15, 0.2) is 17.1 Å². The standard InChI is InChI=1S/C30H33N5O4/c1-30(2,3)27-17-28-31-23(21-6-5-7-22(15-21)37-4)16-24(35(28)32-27)29(36)34-12-10-33(11-13-34)18-20-8-9-25-26(14-20)39-19-38-25/h5-9,14-17H,10-13,18-19H2,1-4H3. The van der Waals surface area contributed by atoms with Crippen molar-refractivity contribution < 1.29 is 19.0 Å². The van der Waals surface area contributed by atoms with Crippen LogP contribution in [0.25, 0.3) is 16.9 Å². The Balaban J connectivity index is 1.25. The van der Waals surface area contributed by atoms with E-state index in [1.54, 1.807) is 11.6 Å². The zero-order valence-corrected chi connectivity index (χ0v) is 22.8. The summed E-state index contributed by atoms with van der Waals surface area (Å²) in [7, 11) is 1.64. The van der Waals surface area contributed by atoms with Crippen LogP contribution in [0.2, 0.25) is 0 Å². The van der Waals surface area contributed by atoms with Crippen molar-refractivity contribution in [2.75, 3.05) is 40.1 Å². The fourth-order valence-corrected chi connectivity index (χ4v) is 4.99. The Kier molecular flexibility index (Phi) is 6.38. The normalized spacial score (nSPS) is 15.6. The molecule has 0 bridgehead atoms. The van der Waals surface area contributed by atoms with Crippen molar-refractivity contribution in [3.05, 3.63) is 71.5 Å². The second kappa shape index (κ2) is 9.89. The third-order valence-electron chi connectivity index (χ3n) is 7.28. The molecule has 0 spiro atoms. The van der Waals surface area contributed by atoms with Crippen LogP contribution in [0.1, 0.15) is 42.5 Å². The molecule has 4 aromatic rings. The van der Waals surface area contributed by atoms with E-state index in [-0.39, 0.29) is 18.1 Å². The number of methoxy groups -OCH3 is 1. The molecule has 2 aromatic heterocycles. The van der Waals surface area contributed by atoms with Gasteiger partial charge in [-0.05, 0) is 35.9 Å². The lowest BCUT2D eigenvalue weighted by Gasteiger charge is -2.34. The van der Waals surface area contributed by atoms with Crippen LogP contribution in [0.15, 0.2) is 54.6 Å². The molecular weight excluding hydrogens is 494 g/mol. The summed E-state index contributed by atoms with van der Waals surface area (Å²) in [6.07, 6.45) is 0. The maximum atomic E-state index is 13.9. The topological polar surface area (TPSA) is 81.4 Å². The van der Waals surface area contributed by atoms with Gasteiger partial charge in [-0.1, -0.05) is 39.0 Å². The zero-order chi connectivity index (χ0) is 27.1. The van der Waals surface area contributed by atoms with Crippen LogP contribution in [0.3, 0.4) is 0 Å². The number of piperazine rings is 1. The lowest BCUT2D eigenvalue weighted by molar-refractivity contribution is 0.0619. The second-order valence-corrected chi connectivity index (χ2v) is 11.1. The number of carbonyl (C=O) groups excluding carboxylic acids is 1. The Labute approximate surface area is 227 Å². The Morgan fingerprint density at radius 3 is 2.54 bits per heavy atom. The van der Waals surface area contributed by atoms with Crippen molar-refractivity contribution >= 4 is 11.6 Å². The summed E-state index contributed by atoms with van der Waals surface area (Å²) in [6, 6.07) is 17.6. The molecule has 2 aromatic carbocycles. The van der Waals surface area contributed by atoms with E-state index in [1.807, 2.05) is 53.4 Å². The highest BCUT2D eigenvalue weighted by atomic mass is 16.7. The van der Waals surface area contributed by atoms with E-state index >= 15 is 0 Å². The van der Waals surface area contributed by atoms with Crippen molar-refractivity contribution in [1.29, 1.82) is 0 Å². The smallest absolute Gasteiger partial charge is 0.272 e. The third-order valence-corrected chi connectivity index (χ3v) is 7.28. The largest absolute Gasteiger partial charge is 0.497 e. The number of fused-ring (bicyclic) bond motifs is 2. The first-order valence-electron chi connectivity index (χ1n) is 13.2. The first-order chi connectivity index (χ1) is 18.8. The fraction of sp³-hybridized carbons (Fsp3) is 0.367. The molecule has 9 nitrogen and oxygen atoms in total. The summed E-state index contributed by atoms with van der Waals surface area (Å²) < 4.78 is 18.1. The molecule has 1 saturated heterocycles.